The van der Waals surface area contributed by atoms with Crippen LogP contribution in [0.25, 0.3) is 0 Å². The highest BCUT2D eigenvalue weighted by Gasteiger charge is 3.00. The summed E-state index contributed by atoms with van der Waals surface area (Å²) in [5, 5.41) is 0. The second kappa shape index (κ2) is 34.8. The first-order valence-electron chi connectivity index (χ1n) is 18.2. The van der Waals surface area contributed by atoms with E-state index in [0.717, 1.165) is 21.3 Å². The Labute approximate surface area is 482 Å². The zero-order valence-corrected chi connectivity index (χ0v) is 70.6. The van der Waals surface area contributed by atoms with E-state index in [1.54, 1.807) is 19.6 Å². The Kier molecular flexibility index (Phi) is 37.4. The largest absolute Gasteiger partial charge is 0.532 e. The van der Waals surface area contributed by atoms with Crippen molar-refractivity contribution >= 4 is 278 Å². The summed E-state index contributed by atoms with van der Waals surface area (Å²) in [6, 6.07) is 0. The van der Waals surface area contributed by atoms with Gasteiger partial charge in [-0.1, -0.05) is 0 Å². The van der Waals surface area contributed by atoms with Gasteiger partial charge in [-0.05, 0) is 32.7 Å². The van der Waals surface area contributed by atoms with Crippen molar-refractivity contribution in [2.75, 3.05) is 21.3 Å². The van der Waals surface area contributed by atoms with E-state index in [0.29, 0.717) is 0 Å². The van der Waals surface area contributed by atoms with Crippen molar-refractivity contribution in [3.8, 4) is 0 Å². The van der Waals surface area contributed by atoms with Gasteiger partial charge < -0.3 is 145 Å². The highest BCUT2D eigenvalue weighted by Crippen LogP contribution is 2.52. The van der Waals surface area contributed by atoms with Crippen molar-refractivity contribution in [2.45, 2.75) is 32.7 Å². The lowest BCUT2D eigenvalue weighted by molar-refractivity contribution is -0.193. The monoisotopic (exact) mass is 1580 g/mol. The first-order chi connectivity index (χ1) is 34.6. The van der Waals surface area contributed by atoms with Crippen LogP contribution in [0.3, 0.4) is 0 Å². The molecule has 0 aromatic heterocycles. The van der Waals surface area contributed by atoms with E-state index < -0.39 is 268 Å². The minimum absolute atomic E-state index is 0.782. The van der Waals surface area contributed by atoms with Gasteiger partial charge in [-0.25, -0.2) is 4.89 Å². The summed E-state index contributed by atoms with van der Waals surface area (Å²) in [7, 11) is -69.2. The van der Waals surface area contributed by atoms with Crippen molar-refractivity contribution < 1.29 is 155 Å². The van der Waals surface area contributed by atoms with Crippen LogP contribution in [0.15, 0.2) is 0 Å². The molecule has 66 heteroatoms. The van der Waals surface area contributed by atoms with Crippen molar-refractivity contribution in [1.29, 1.82) is 0 Å². The topological polar surface area (TPSA) is 523 Å². The summed E-state index contributed by atoms with van der Waals surface area (Å²) < 4.78 is 89.7. The molecule has 0 bridgehead atoms. The van der Waals surface area contributed by atoms with Crippen molar-refractivity contribution in [2.24, 2.45) is 0 Å². The van der Waals surface area contributed by atoms with E-state index in [2.05, 4.69) is 9.76 Å². The molecule has 0 aromatic rings. The number of rotatable bonds is 45. The SMILES string of the molecule is COO[Si]([Si])(O[Si]([Si](O[Si]O)([Si]O)[Si]O)([Si](O[Si]O)([Si]O)[Si]O)[Si](O[Si](C)(C)O[Si](C)(C)C)(O[Si](O[Si]O)([Si]O)[Si](O)(OC)OC)[Si](O[Si](O[Si]O)([Si]O)[Si]O)([Si](O[Si]O)([Si]O)[Si]O)[Si](O[Si]O)([Si]O)[Si]O)[Si]O. The zero-order valence-electron chi connectivity index (χ0n) is 38.6. The average Bonchev–Trinajstić information content (AvgIpc) is 3.37. The van der Waals surface area contributed by atoms with Gasteiger partial charge in [0.25, 0.3) is 50.9 Å². The Hall–Kier alpha value is 5.58. The van der Waals surface area contributed by atoms with Gasteiger partial charge in [0.05, 0.1) is 16.9 Å². The molecule has 34 nitrogen and oxygen atoms in total. The van der Waals surface area contributed by atoms with Crippen LogP contribution >= 0.6 is 0 Å². The van der Waals surface area contributed by atoms with Crippen molar-refractivity contribution in [3.05, 3.63) is 0 Å². The second-order valence-corrected chi connectivity index (χ2v) is 146. The Morgan fingerprint density at radius 2 is 0.703 bits per heavy atom. The van der Waals surface area contributed by atoms with E-state index in [-0.39, 0.29) is 0 Å². The normalized spacial score (nSPS) is 16.9. The fourth-order valence-corrected chi connectivity index (χ4v) is 417. The molecule has 0 saturated heterocycles. The molecule has 39 radical (unpaired) electrons. The molecule has 0 saturated carbocycles. The average molecular weight is 1580 g/mol. The Morgan fingerprint density at radius 3 is 0.946 bits per heavy atom. The lowest BCUT2D eigenvalue weighted by Gasteiger charge is -2.69. The summed E-state index contributed by atoms with van der Waals surface area (Å²) >= 11 is 0. The molecule has 0 heterocycles. The van der Waals surface area contributed by atoms with Gasteiger partial charge >= 0.3 is 107 Å². The van der Waals surface area contributed by atoms with Crippen LogP contribution in [0.5, 0.6) is 0 Å². The van der Waals surface area contributed by atoms with Gasteiger partial charge in [-0.2, -0.15) is 0 Å². The summed E-state index contributed by atoms with van der Waals surface area (Å²) in [5.74, 6) is 0. The van der Waals surface area contributed by atoms with E-state index in [9.17, 15) is 91.1 Å². The van der Waals surface area contributed by atoms with Crippen molar-refractivity contribution in [1.82, 2.24) is 0 Å². The Balaban J connectivity index is 12.9. The third-order valence-corrected chi connectivity index (χ3v) is 244. The standard InChI is InChI=1S/C8H43O34Si32/c1-28-31-65(43,50-15)40-73(69(54-19,55-20)34-46-11,70(56-21,57-22)35-47-12)68(39-63(7,8)38-62(4,5)6,42-67(53-18,33-45-10)64(27,29-2)30-3)74(71(58-23,59-24)36-48-13,72(60-25,61-26)37-49-14)41-66(51-16,52-17)32-44-9/h9-27H,1-8H3. The maximum absolute atomic E-state index is 12.8. The molecule has 3 unspecified atom stereocenters. The van der Waals surface area contributed by atoms with Crippen LogP contribution in [-0.4, -0.2) is 390 Å². The second-order valence-electron chi connectivity index (χ2n) is 14.3. The highest BCUT2D eigenvalue weighted by atomic mass is 30.5. The quantitative estimate of drug-likeness (QED) is 0.0153. The molecule has 19 N–H and O–H groups in total. The molecule has 0 spiro atoms. The van der Waals surface area contributed by atoms with Gasteiger partial charge in [0.1, 0.15) is 0 Å². The first-order valence-corrected chi connectivity index (χ1v) is 81.9. The van der Waals surface area contributed by atoms with Crippen LogP contribution in [0, 0.1) is 0 Å². The fraction of sp³-hybridized carbons (Fsp3) is 1.00. The molecule has 0 aliphatic heterocycles. The smallest absolute Gasteiger partial charge is 0.437 e. The molecule has 0 rings (SSSR count). The molecule has 0 amide bonds. The van der Waals surface area contributed by atoms with Crippen LogP contribution in [0.2, 0.25) is 32.7 Å². The summed E-state index contributed by atoms with van der Waals surface area (Å²) in [6.07, 6.45) is 0. The molecule has 74 heavy (non-hydrogen) atoms. The van der Waals surface area contributed by atoms with Crippen LogP contribution in [0.4, 0.5) is 0 Å². The van der Waals surface area contributed by atoms with Crippen LogP contribution in [-0.2, 0) is 63.6 Å². The summed E-state index contributed by atoms with van der Waals surface area (Å²) in [4.78, 5) is 230. The third-order valence-electron chi connectivity index (χ3n) is 8.92. The van der Waals surface area contributed by atoms with Crippen LogP contribution < -0.4 is 0 Å². The summed E-state index contributed by atoms with van der Waals surface area (Å²) in [6.45, 7) is -30.9. The molecule has 0 aliphatic rings. The van der Waals surface area contributed by atoms with E-state index >= 15 is 0 Å². The minimum atomic E-state index is -7.41. The van der Waals surface area contributed by atoms with E-state index in [1.165, 1.54) is 13.1 Å². The Bertz CT molecular complexity index is 1510. The first kappa shape index (κ1) is 79.6. The fourth-order valence-electron chi connectivity index (χ4n) is 6.67. The molecule has 0 fully saturated rings. The van der Waals surface area contributed by atoms with Gasteiger partial charge in [-0.15, -0.1) is 0 Å². The molecule has 407 valence electrons. The highest BCUT2D eigenvalue weighted by molar-refractivity contribution is 8.23. The van der Waals surface area contributed by atoms with Crippen LogP contribution in [0.1, 0.15) is 0 Å². The lowest BCUT2D eigenvalue weighted by atomic mass is 11.8. The molecule has 0 aliphatic carbocycles. The zero-order chi connectivity index (χ0) is 57.8. The van der Waals surface area contributed by atoms with Gasteiger partial charge in [-0.3, -0.25) is 4.58 Å². The molecular formula is C8H43O34Si32. The van der Waals surface area contributed by atoms with Gasteiger partial charge in [0.15, 0.2) is 8.32 Å². The molecule has 0 aromatic carbocycles. The lowest BCUT2D eigenvalue weighted by Crippen LogP contribution is -3.13. The maximum atomic E-state index is 12.8. The summed E-state index contributed by atoms with van der Waals surface area (Å²) in [5.41, 5.74) is 0. The molecule has 3 atom stereocenters. The third kappa shape index (κ3) is 16.0. The minimum Gasteiger partial charge on any atom is -0.437 e. The maximum Gasteiger partial charge on any atom is 0.532 e. The number of hydrogen-bond donors (Lipinski definition) is 19. The predicted octanol–water partition coefficient (Wildman–Crippen LogP) is -20.4. The van der Waals surface area contributed by atoms with E-state index in [1.807, 2.05) is 0 Å². The Morgan fingerprint density at radius 1 is 0.365 bits per heavy atom. The van der Waals surface area contributed by atoms with E-state index in [4.69, 9.17) is 63.6 Å². The van der Waals surface area contributed by atoms with Gasteiger partial charge in [0, 0.05) is 14.2 Å². The van der Waals surface area contributed by atoms with Gasteiger partial charge in [0.2, 0.25) is 102 Å². The number of hydrogen-bond acceptors (Lipinski definition) is 34. The van der Waals surface area contributed by atoms with Crippen molar-refractivity contribution in [3.63, 3.8) is 0 Å². The predicted molar refractivity (Wildman–Crippen MR) is 290 cm³/mol. The molecular weight excluding hydrogens is 1540 g/mol.